The fourth-order valence-corrected chi connectivity index (χ4v) is 2.14. The molecular formula is C10H13F2NO3S. The summed E-state index contributed by atoms with van der Waals surface area (Å²) in [7, 11) is -3.58. The Balaban J connectivity index is 2.36. The molecule has 1 rings (SSSR count). The molecule has 96 valence electrons. The summed E-state index contributed by atoms with van der Waals surface area (Å²) < 4.78 is 53.4. The maximum atomic E-state index is 11.7. The molecule has 17 heavy (non-hydrogen) atoms. The lowest BCUT2D eigenvalue weighted by molar-refractivity contribution is 0.0199. The van der Waals surface area contributed by atoms with Crippen molar-refractivity contribution in [3.05, 3.63) is 30.3 Å². The number of ether oxygens (including phenoxy) is 1. The summed E-state index contributed by atoms with van der Waals surface area (Å²) in [6, 6.07) is 7.79. The van der Waals surface area contributed by atoms with Crippen LogP contribution in [0.3, 0.4) is 0 Å². The topological polar surface area (TPSA) is 55.4 Å². The maximum Gasteiger partial charge on any atom is 0.261 e. The average molecular weight is 265 g/mol. The molecule has 0 saturated heterocycles. The highest BCUT2D eigenvalue weighted by atomic mass is 32.2. The van der Waals surface area contributed by atoms with Gasteiger partial charge in [-0.2, -0.15) is 0 Å². The van der Waals surface area contributed by atoms with E-state index in [-0.39, 0.29) is 18.0 Å². The summed E-state index contributed by atoms with van der Waals surface area (Å²) >= 11 is 0. The second-order valence-corrected chi connectivity index (χ2v) is 4.94. The number of nitrogens with one attached hydrogen (secondary N) is 1. The van der Waals surface area contributed by atoms with Crippen molar-refractivity contribution in [2.45, 2.75) is 11.3 Å². The van der Waals surface area contributed by atoms with Crippen LogP contribution in [0.25, 0.3) is 0 Å². The Morgan fingerprint density at radius 3 is 2.47 bits per heavy atom. The Morgan fingerprint density at radius 2 is 1.88 bits per heavy atom. The van der Waals surface area contributed by atoms with Crippen molar-refractivity contribution in [3.63, 3.8) is 0 Å². The number of hydrogen-bond acceptors (Lipinski definition) is 3. The lowest BCUT2D eigenvalue weighted by atomic mass is 10.4. The van der Waals surface area contributed by atoms with Crippen LogP contribution in [-0.2, 0) is 14.8 Å². The first-order valence-electron chi connectivity index (χ1n) is 4.93. The average Bonchev–Trinajstić information content (AvgIpc) is 2.29. The van der Waals surface area contributed by atoms with Crippen molar-refractivity contribution in [2.24, 2.45) is 0 Å². The fraction of sp³-hybridized carbons (Fsp3) is 0.400. The van der Waals surface area contributed by atoms with E-state index in [1.165, 1.54) is 12.1 Å². The predicted octanol–water partition coefficient (Wildman–Crippen LogP) is 1.25. The lowest BCUT2D eigenvalue weighted by Gasteiger charge is -2.07. The zero-order valence-corrected chi connectivity index (χ0v) is 9.79. The molecule has 0 aromatic heterocycles. The van der Waals surface area contributed by atoms with Crippen molar-refractivity contribution in [1.82, 2.24) is 4.72 Å². The first-order valence-corrected chi connectivity index (χ1v) is 6.41. The van der Waals surface area contributed by atoms with Crippen LogP contribution in [0, 0.1) is 0 Å². The summed E-state index contributed by atoms with van der Waals surface area (Å²) in [4.78, 5) is 0.133. The van der Waals surface area contributed by atoms with Gasteiger partial charge in [0.25, 0.3) is 6.43 Å². The Kier molecular flexibility index (Phi) is 5.46. The van der Waals surface area contributed by atoms with Gasteiger partial charge in [0.15, 0.2) is 0 Å². The summed E-state index contributed by atoms with van der Waals surface area (Å²) in [6.45, 7) is -0.812. The van der Waals surface area contributed by atoms with Crippen LogP contribution in [0.1, 0.15) is 0 Å². The van der Waals surface area contributed by atoms with Gasteiger partial charge in [-0.3, -0.25) is 0 Å². The molecule has 0 bridgehead atoms. The van der Waals surface area contributed by atoms with E-state index in [0.29, 0.717) is 0 Å². The molecule has 0 unspecified atom stereocenters. The monoisotopic (exact) mass is 265 g/mol. The number of halogens is 2. The van der Waals surface area contributed by atoms with Gasteiger partial charge in [0.05, 0.1) is 11.5 Å². The minimum absolute atomic E-state index is 0.0378. The molecule has 1 N–H and O–H groups in total. The van der Waals surface area contributed by atoms with Gasteiger partial charge in [0, 0.05) is 6.54 Å². The van der Waals surface area contributed by atoms with E-state index in [1.807, 2.05) is 0 Å². The second kappa shape index (κ2) is 6.63. The van der Waals surface area contributed by atoms with Crippen molar-refractivity contribution in [3.8, 4) is 0 Å². The quantitative estimate of drug-likeness (QED) is 0.755. The first-order chi connectivity index (χ1) is 8.02. The van der Waals surface area contributed by atoms with Crippen LogP contribution < -0.4 is 4.72 Å². The van der Waals surface area contributed by atoms with E-state index in [0.717, 1.165) is 0 Å². The largest absolute Gasteiger partial charge is 0.374 e. The molecular weight excluding hydrogens is 252 g/mol. The third-order valence-electron chi connectivity index (χ3n) is 1.84. The van der Waals surface area contributed by atoms with Crippen LogP contribution in [0.2, 0.25) is 0 Å². The minimum atomic E-state index is -3.58. The molecule has 0 heterocycles. The lowest BCUT2D eigenvalue weighted by Crippen LogP contribution is -2.27. The molecule has 0 aliphatic carbocycles. The van der Waals surface area contributed by atoms with E-state index < -0.39 is 23.1 Å². The highest BCUT2D eigenvalue weighted by molar-refractivity contribution is 7.89. The molecule has 1 aromatic carbocycles. The minimum Gasteiger partial charge on any atom is -0.374 e. The third kappa shape index (κ3) is 5.20. The normalized spacial score (nSPS) is 11.9. The Morgan fingerprint density at radius 1 is 1.24 bits per heavy atom. The third-order valence-corrected chi connectivity index (χ3v) is 3.31. The van der Waals surface area contributed by atoms with Gasteiger partial charge in [-0.15, -0.1) is 0 Å². The predicted molar refractivity (Wildman–Crippen MR) is 58.5 cm³/mol. The molecule has 0 aliphatic rings. The van der Waals surface area contributed by atoms with E-state index in [9.17, 15) is 17.2 Å². The number of sulfonamides is 1. The van der Waals surface area contributed by atoms with Crippen LogP contribution in [-0.4, -0.2) is 34.6 Å². The van der Waals surface area contributed by atoms with Crippen LogP contribution in [0.15, 0.2) is 35.2 Å². The van der Waals surface area contributed by atoms with Crippen molar-refractivity contribution < 1.29 is 21.9 Å². The highest BCUT2D eigenvalue weighted by Crippen LogP contribution is 2.06. The molecule has 0 radical (unpaired) electrons. The van der Waals surface area contributed by atoms with E-state index >= 15 is 0 Å². The van der Waals surface area contributed by atoms with Gasteiger partial charge in [-0.05, 0) is 12.1 Å². The zero-order valence-electron chi connectivity index (χ0n) is 8.97. The standard InChI is InChI=1S/C10H13F2NO3S/c11-10(12)8-16-7-6-13-17(14,15)9-4-2-1-3-5-9/h1-5,10,13H,6-8H2. The zero-order chi connectivity index (χ0) is 12.7. The molecule has 4 nitrogen and oxygen atoms in total. The van der Waals surface area contributed by atoms with Crippen LogP contribution >= 0.6 is 0 Å². The van der Waals surface area contributed by atoms with Gasteiger partial charge in [-0.25, -0.2) is 21.9 Å². The van der Waals surface area contributed by atoms with Crippen LogP contribution in [0.4, 0.5) is 8.78 Å². The smallest absolute Gasteiger partial charge is 0.261 e. The number of benzene rings is 1. The molecule has 0 spiro atoms. The summed E-state index contributed by atoms with van der Waals surface area (Å²) in [5, 5.41) is 0. The van der Waals surface area contributed by atoms with Crippen molar-refractivity contribution in [2.75, 3.05) is 19.8 Å². The Hall–Kier alpha value is -1.05. The second-order valence-electron chi connectivity index (χ2n) is 3.18. The molecule has 0 aliphatic heterocycles. The van der Waals surface area contributed by atoms with Crippen molar-refractivity contribution in [1.29, 1.82) is 0 Å². The Labute approximate surface area is 98.6 Å². The molecule has 0 fully saturated rings. The molecule has 1 aromatic rings. The van der Waals surface area contributed by atoms with Gasteiger partial charge in [-0.1, -0.05) is 18.2 Å². The van der Waals surface area contributed by atoms with E-state index in [1.54, 1.807) is 18.2 Å². The Bertz CT molecular complexity index is 422. The number of rotatable bonds is 7. The molecule has 7 heteroatoms. The van der Waals surface area contributed by atoms with Gasteiger partial charge in [0.1, 0.15) is 6.61 Å². The highest BCUT2D eigenvalue weighted by Gasteiger charge is 2.12. The maximum absolute atomic E-state index is 11.7. The summed E-state index contributed by atoms with van der Waals surface area (Å²) in [5.74, 6) is 0. The molecule has 0 atom stereocenters. The van der Waals surface area contributed by atoms with Gasteiger partial charge >= 0.3 is 0 Å². The van der Waals surface area contributed by atoms with Crippen LogP contribution in [0.5, 0.6) is 0 Å². The molecule has 0 saturated carbocycles. The first kappa shape index (κ1) is 14.0. The number of alkyl halides is 2. The van der Waals surface area contributed by atoms with Crippen molar-refractivity contribution >= 4 is 10.0 Å². The van der Waals surface area contributed by atoms with Gasteiger partial charge in [0.2, 0.25) is 10.0 Å². The fourth-order valence-electron chi connectivity index (χ4n) is 1.10. The SMILES string of the molecule is O=S(=O)(NCCOCC(F)F)c1ccccc1. The van der Waals surface area contributed by atoms with E-state index in [2.05, 4.69) is 9.46 Å². The summed E-state index contributed by atoms with van der Waals surface area (Å²) in [5.41, 5.74) is 0. The summed E-state index contributed by atoms with van der Waals surface area (Å²) in [6.07, 6.45) is -2.54. The molecule has 0 amide bonds. The van der Waals surface area contributed by atoms with Gasteiger partial charge < -0.3 is 4.74 Å². The number of hydrogen-bond donors (Lipinski definition) is 1. The van der Waals surface area contributed by atoms with E-state index in [4.69, 9.17) is 0 Å².